The molecule has 2 aromatic carbocycles. The fraction of sp³-hybridized carbons (Fsp3) is 0.400. The average molecular weight is 560 g/mol. The number of fused-ring (bicyclic) bond motifs is 1. The molecular formula is C25H23F6N3O3S. The van der Waals surface area contributed by atoms with Crippen LogP contribution < -0.4 is 4.74 Å². The highest BCUT2D eigenvalue weighted by Gasteiger charge is 2.33. The number of carbonyl (C=O) groups is 2. The van der Waals surface area contributed by atoms with Crippen LogP contribution in [-0.4, -0.2) is 57.1 Å². The number of benzene rings is 2. The van der Waals surface area contributed by atoms with Gasteiger partial charge in [-0.15, -0.1) is 13.2 Å². The number of alkyl halides is 6. The van der Waals surface area contributed by atoms with Crippen LogP contribution in [0, 0.1) is 12.8 Å². The van der Waals surface area contributed by atoms with E-state index in [0.717, 1.165) is 17.5 Å². The maximum atomic E-state index is 12.6. The van der Waals surface area contributed by atoms with Gasteiger partial charge in [0.05, 0.1) is 5.52 Å². The number of hydrogen-bond donors (Lipinski definition) is 0. The third-order valence-electron chi connectivity index (χ3n) is 6.14. The molecule has 2 heterocycles. The van der Waals surface area contributed by atoms with E-state index in [1.807, 2.05) is 6.20 Å². The first-order chi connectivity index (χ1) is 17.8. The molecule has 1 aromatic heterocycles. The van der Waals surface area contributed by atoms with Crippen LogP contribution in [0.2, 0.25) is 0 Å². The zero-order chi connectivity index (χ0) is 27.7. The maximum Gasteiger partial charge on any atom is 0.573 e. The van der Waals surface area contributed by atoms with Gasteiger partial charge in [-0.25, -0.2) is 0 Å². The summed E-state index contributed by atoms with van der Waals surface area (Å²) in [5, 5.41) is 5.31. The molecule has 0 bridgehead atoms. The Morgan fingerprint density at radius 2 is 1.74 bits per heavy atom. The summed E-state index contributed by atoms with van der Waals surface area (Å²) in [6.07, 6.45) is -2.84. The second kappa shape index (κ2) is 10.9. The summed E-state index contributed by atoms with van der Waals surface area (Å²) >= 11 is -0.136. The summed E-state index contributed by atoms with van der Waals surface area (Å²) in [5.74, 6) is -0.965. The van der Waals surface area contributed by atoms with Gasteiger partial charge in [0.2, 0.25) is 0 Å². The van der Waals surface area contributed by atoms with E-state index in [4.69, 9.17) is 0 Å². The van der Waals surface area contributed by atoms with Crippen molar-refractivity contribution in [3.63, 3.8) is 0 Å². The molecular weight excluding hydrogens is 536 g/mol. The fourth-order valence-corrected chi connectivity index (χ4v) is 4.85. The zero-order valence-corrected chi connectivity index (χ0v) is 20.9. The number of hydrogen-bond acceptors (Lipinski definition) is 5. The van der Waals surface area contributed by atoms with Crippen LogP contribution in [0.1, 0.15) is 39.1 Å². The highest BCUT2D eigenvalue weighted by Crippen LogP contribution is 2.31. The van der Waals surface area contributed by atoms with Crippen LogP contribution >= 0.6 is 11.8 Å². The lowest BCUT2D eigenvalue weighted by atomic mass is 9.98. The first-order valence-electron chi connectivity index (χ1n) is 11.6. The fourth-order valence-electron chi connectivity index (χ4n) is 4.33. The summed E-state index contributed by atoms with van der Waals surface area (Å²) in [6, 6.07) is 8.11. The number of likely N-dealkylation sites (tertiary alicyclic amines) is 1. The Balaban J connectivity index is 1.31. The van der Waals surface area contributed by atoms with E-state index >= 15 is 0 Å². The Morgan fingerprint density at radius 1 is 1.05 bits per heavy atom. The van der Waals surface area contributed by atoms with Crippen molar-refractivity contribution in [2.24, 2.45) is 5.92 Å². The second-order valence-electron chi connectivity index (χ2n) is 8.99. The normalized spacial score (nSPS) is 14.6. The van der Waals surface area contributed by atoms with Gasteiger partial charge in [0.25, 0.3) is 5.91 Å². The van der Waals surface area contributed by atoms with Gasteiger partial charge in [0.1, 0.15) is 5.75 Å². The van der Waals surface area contributed by atoms with E-state index in [9.17, 15) is 35.9 Å². The number of carbonyl (C=O) groups excluding carboxylic acids is 2. The molecule has 1 amide bonds. The smallest absolute Gasteiger partial charge is 0.406 e. The van der Waals surface area contributed by atoms with Crippen molar-refractivity contribution < 1.29 is 40.7 Å². The summed E-state index contributed by atoms with van der Waals surface area (Å²) in [5.41, 5.74) is -2.20. The Labute approximate surface area is 217 Å². The van der Waals surface area contributed by atoms with E-state index in [1.165, 1.54) is 12.1 Å². The molecule has 0 saturated carbocycles. The van der Waals surface area contributed by atoms with Gasteiger partial charge in [0, 0.05) is 60.4 Å². The molecule has 0 atom stereocenters. The van der Waals surface area contributed by atoms with Crippen molar-refractivity contribution in [2.45, 2.75) is 38.2 Å². The van der Waals surface area contributed by atoms with Crippen LogP contribution in [0.15, 0.2) is 42.6 Å². The van der Waals surface area contributed by atoms with Gasteiger partial charge in [-0.2, -0.15) is 18.3 Å². The number of ether oxygens (including phenoxy) is 1. The lowest BCUT2D eigenvalue weighted by Gasteiger charge is -2.39. The van der Waals surface area contributed by atoms with Gasteiger partial charge < -0.3 is 9.64 Å². The van der Waals surface area contributed by atoms with Crippen molar-refractivity contribution >= 4 is 34.4 Å². The van der Waals surface area contributed by atoms with E-state index < -0.39 is 17.6 Å². The minimum atomic E-state index is -4.80. The van der Waals surface area contributed by atoms with Crippen molar-refractivity contribution in [2.75, 3.05) is 18.8 Å². The minimum Gasteiger partial charge on any atom is -0.406 e. The Morgan fingerprint density at radius 3 is 2.37 bits per heavy atom. The Hall–Kier alpha value is -3.22. The molecule has 1 aliphatic rings. The van der Waals surface area contributed by atoms with E-state index in [0.29, 0.717) is 36.3 Å². The third kappa shape index (κ3) is 7.00. The largest absolute Gasteiger partial charge is 0.573 e. The molecule has 0 unspecified atom stereocenters. The van der Waals surface area contributed by atoms with Crippen LogP contribution in [-0.2, 0) is 6.54 Å². The quantitative estimate of drug-likeness (QED) is 0.177. The second-order valence-corrected chi connectivity index (χ2v) is 10.2. The molecule has 204 valence electrons. The van der Waals surface area contributed by atoms with Gasteiger partial charge in [0.15, 0.2) is 5.78 Å². The highest BCUT2D eigenvalue weighted by molar-refractivity contribution is 8.00. The van der Waals surface area contributed by atoms with Crippen molar-refractivity contribution in [3.05, 3.63) is 59.3 Å². The highest BCUT2D eigenvalue weighted by atomic mass is 32.2. The van der Waals surface area contributed by atoms with Crippen molar-refractivity contribution in [1.29, 1.82) is 0 Å². The average Bonchev–Trinajstić information content (AvgIpc) is 3.21. The SMILES string of the molecule is Cc1c(C(=O)CCCSC(F)(F)F)ccc2nn(CC3CN(C(=O)c4ccc(OC(F)(F)F)cc4)C3)cc12. The van der Waals surface area contributed by atoms with Crippen molar-refractivity contribution in [1.82, 2.24) is 14.7 Å². The van der Waals surface area contributed by atoms with Gasteiger partial charge in [-0.1, -0.05) is 11.8 Å². The molecule has 38 heavy (non-hydrogen) atoms. The number of Topliss-reactive ketones (excluding diaryl/α,β-unsaturated/α-hetero) is 1. The summed E-state index contributed by atoms with van der Waals surface area (Å²) in [6.45, 7) is 3.21. The summed E-state index contributed by atoms with van der Waals surface area (Å²) in [7, 11) is 0. The number of thioether (sulfide) groups is 1. The first kappa shape index (κ1) is 27.8. The molecule has 1 fully saturated rings. The lowest BCUT2D eigenvalue weighted by Crippen LogP contribution is -2.51. The molecule has 0 N–H and O–H groups in total. The number of rotatable bonds is 9. The number of ketones is 1. The van der Waals surface area contributed by atoms with Gasteiger partial charge >= 0.3 is 11.9 Å². The Kier molecular flexibility index (Phi) is 7.96. The van der Waals surface area contributed by atoms with Gasteiger partial charge in [-0.05, 0) is 55.3 Å². The van der Waals surface area contributed by atoms with Crippen LogP contribution in [0.4, 0.5) is 26.3 Å². The van der Waals surface area contributed by atoms with E-state index in [-0.39, 0.29) is 53.5 Å². The number of aromatic nitrogens is 2. The summed E-state index contributed by atoms with van der Waals surface area (Å²) < 4.78 is 79.3. The van der Waals surface area contributed by atoms with E-state index in [2.05, 4.69) is 9.84 Å². The predicted octanol–water partition coefficient (Wildman–Crippen LogP) is 6.23. The number of halogens is 6. The van der Waals surface area contributed by atoms with E-state index in [1.54, 1.807) is 28.6 Å². The lowest BCUT2D eigenvalue weighted by molar-refractivity contribution is -0.274. The number of nitrogens with zero attached hydrogens (tertiary/aromatic N) is 3. The molecule has 3 aromatic rings. The zero-order valence-electron chi connectivity index (χ0n) is 20.1. The molecule has 1 aliphatic heterocycles. The predicted molar refractivity (Wildman–Crippen MR) is 129 cm³/mol. The third-order valence-corrected chi connectivity index (χ3v) is 6.97. The Bertz CT molecular complexity index is 1310. The van der Waals surface area contributed by atoms with Crippen LogP contribution in [0.25, 0.3) is 10.9 Å². The summed E-state index contributed by atoms with van der Waals surface area (Å²) in [4.78, 5) is 26.8. The van der Waals surface area contributed by atoms with Crippen LogP contribution in [0.5, 0.6) is 5.75 Å². The minimum absolute atomic E-state index is 0.0214. The van der Waals surface area contributed by atoms with Gasteiger partial charge in [-0.3, -0.25) is 14.3 Å². The topological polar surface area (TPSA) is 64.4 Å². The van der Waals surface area contributed by atoms with Crippen LogP contribution in [0.3, 0.4) is 0 Å². The monoisotopic (exact) mass is 559 g/mol. The molecule has 0 radical (unpaired) electrons. The molecule has 1 saturated heterocycles. The van der Waals surface area contributed by atoms with Crippen molar-refractivity contribution in [3.8, 4) is 5.75 Å². The maximum absolute atomic E-state index is 12.6. The molecule has 13 heteroatoms. The first-order valence-corrected chi connectivity index (χ1v) is 12.6. The number of amides is 1. The molecule has 0 aliphatic carbocycles. The number of aryl methyl sites for hydroxylation is 1. The molecule has 0 spiro atoms. The molecule has 6 nitrogen and oxygen atoms in total. The molecule has 4 rings (SSSR count). The standard InChI is InChI=1S/C25H23F6N3O3S/c1-15-19(22(35)3-2-10-38-25(29,30)31)8-9-21-20(15)14-34(32-21)13-16-11-33(12-16)23(36)17-4-6-18(7-5-17)37-24(26,27)28/h4-9,14,16H,2-3,10-13H2,1H3.